The summed E-state index contributed by atoms with van der Waals surface area (Å²) in [6.07, 6.45) is 0. The lowest BCUT2D eigenvalue weighted by Gasteiger charge is -2.11. The Morgan fingerprint density at radius 3 is 2.71 bits per heavy atom. The Kier molecular flexibility index (Phi) is 7.30. The van der Waals surface area contributed by atoms with Crippen LogP contribution in [0.4, 0.5) is 0 Å². The average molecular weight is 366 g/mol. The summed E-state index contributed by atoms with van der Waals surface area (Å²) in [6.45, 7) is 2.48. The molecular formula is C17H20BrNOS. The van der Waals surface area contributed by atoms with Crippen molar-refractivity contribution in [1.82, 2.24) is 5.32 Å². The molecule has 0 unspecified atom stereocenters. The fraction of sp³-hybridized carbons (Fsp3) is 0.294. The van der Waals surface area contributed by atoms with E-state index in [1.165, 1.54) is 16.0 Å². The molecule has 0 amide bonds. The molecule has 0 aliphatic carbocycles. The van der Waals surface area contributed by atoms with E-state index in [1.807, 2.05) is 11.8 Å². The highest BCUT2D eigenvalue weighted by atomic mass is 79.9. The van der Waals surface area contributed by atoms with Crippen LogP contribution in [0.15, 0.2) is 57.9 Å². The van der Waals surface area contributed by atoms with E-state index in [4.69, 9.17) is 4.74 Å². The Hall–Kier alpha value is -0.810. The maximum atomic E-state index is 5.06. The lowest BCUT2D eigenvalue weighted by Crippen LogP contribution is -2.18. The fourth-order valence-corrected chi connectivity index (χ4v) is 3.50. The summed E-state index contributed by atoms with van der Waals surface area (Å²) in [4.78, 5) is 1.32. The number of thioether (sulfide) groups is 1. The molecule has 0 atom stereocenters. The van der Waals surface area contributed by atoms with Gasteiger partial charge in [-0.2, -0.15) is 0 Å². The third-order valence-corrected chi connectivity index (χ3v) is 4.73. The minimum atomic E-state index is 0.739. The van der Waals surface area contributed by atoms with Crippen molar-refractivity contribution in [3.05, 3.63) is 64.1 Å². The summed E-state index contributed by atoms with van der Waals surface area (Å²) >= 11 is 5.44. The number of hydrogen-bond acceptors (Lipinski definition) is 3. The number of benzene rings is 2. The zero-order chi connectivity index (χ0) is 14.9. The molecule has 0 aromatic heterocycles. The van der Waals surface area contributed by atoms with E-state index in [9.17, 15) is 0 Å². The summed E-state index contributed by atoms with van der Waals surface area (Å²) < 4.78 is 6.18. The highest BCUT2D eigenvalue weighted by Gasteiger charge is 2.05. The van der Waals surface area contributed by atoms with Gasteiger partial charge >= 0.3 is 0 Å². The van der Waals surface area contributed by atoms with Gasteiger partial charge < -0.3 is 10.1 Å². The second kappa shape index (κ2) is 9.26. The molecule has 1 N–H and O–H groups in total. The maximum absolute atomic E-state index is 5.06. The van der Waals surface area contributed by atoms with E-state index < -0.39 is 0 Å². The first-order valence-electron chi connectivity index (χ1n) is 6.94. The molecule has 0 spiro atoms. The van der Waals surface area contributed by atoms with Crippen LogP contribution in [0.2, 0.25) is 0 Å². The predicted molar refractivity (Wildman–Crippen MR) is 93.7 cm³/mol. The minimum absolute atomic E-state index is 0.739. The lowest BCUT2D eigenvalue weighted by atomic mass is 10.2. The van der Waals surface area contributed by atoms with Crippen molar-refractivity contribution in [1.29, 1.82) is 0 Å². The summed E-state index contributed by atoms with van der Waals surface area (Å²) in [5.74, 6) is 0.988. The predicted octanol–water partition coefficient (Wildman–Crippen LogP) is 4.48. The number of hydrogen-bond donors (Lipinski definition) is 1. The van der Waals surface area contributed by atoms with Gasteiger partial charge in [0.15, 0.2) is 0 Å². The van der Waals surface area contributed by atoms with Gasteiger partial charge in [-0.3, -0.25) is 0 Å². The van der Waals surface area contributed by atoms with Crippen molar-refractivity contribution in [2.45, 2.75) is 17.2 Å². The maximum Gasteiger partial charge on any atom is 0.0587 e. The number of methoxy groups -OCH3 is 1. The third kappa shape index (κ3) is 5.83. The molecule has 0 bridgehead atoms. The molecule has 0 saturated heterocycles. The van der Waals surface area contributed by atoms with Gasteiger partial charge in [0.25, 0.3) is 0 Å². The largest absolute Gasteiger partial charge is 0.383 e. The van der Waals surface area contributed by atoms with Crippen LogP contribution in [0.5, 0.6) is 0 Å². The Labute approximate surface area is 139 Å². The monoisotopic (exact) mass is 365 g/mol. The highest BCUT2D eigenvalue weighted by molar-refractivity contribution is 9.10. The van der Waals surface area contributed by atoms with E-state index in [1.54, 1.807) is 7.11 Å². The van der Waals surface area contributed by atoms with Gasteiger partial charge in [0, 0.05) is 35.3 Å². The summed E-state index contributed by atoms with van der Waals surface area (Å²) in [6, 6.07) is 17.0. The molecule has 2 aromatic rings. The molecule has 0 heterocycles. The van der Waals surface area contributed by atoms with Crippen LogP contribution >= 0.6 is 27.7 Å². The van der Waals surface area contributed by atoms with Crippen LogP contribution in [0.3, 0.4) is 0 Å². The molecule has 2 aromatic carbocycles. The second-order valence-electron chi connectivity index (χ2n) is 4.70. The van der Waals surface area contributed by atoms with Gasteiger partial charge in [-0.05, 0) is 23.3 Å². The average Bonchev–Trinajstić information content (AvgIpc) is 2.52. The SMILES string of the molecule is COCCNCc1ccc(Br)cc1SCc1ccccc1. The fourth-order valence-electron chi connectivity index (χ4n) is 1.94. The number of halogens is 1. The van der Waals surface area contributed by atoms with E-state index in [0.717, 1.165) is 29.9 Å². The molecule has 112 valence electrons. The molecule has 0 aliphatic heterocycles. The van der Waals surface area contributed by atoms with Crippen molar-refractivity contribution in [3.63, 3.8) is 0 Å². The Morgan fingerprint density at radius 1 is 1.14 bits per heavy atom. The van der Waals surface area contributed by atoms with Crippen molar-refractivity contribution < 1.29 is 4.74 Å². The van der Waals surface area contributed by atoms with E-state index >= 15 is 0 Å². The van der Waals surface area contributed by atoms with E-state index in [0.29, 0.717) is 0 Å². The standard InChI is InChI=1S/C17H20BrNOS/c1-20-10-9-19-12-15-7-8-16(18)11-17(15)21-13-14-5-3-2-4-6-14/h2-8,11,19H,9-10,12-13H2,1H3. The molecule has 0 radical (unpaired) electrons. The normalized spacial score (nSPS) is 10.8. The molecule has 0 fully saturated rings. The van der Waals surface area contributed by atoms with Gasteiger partial charge in [0.05, 0.1) is 6.61 Å². The summed E-state index contributed by atoms with van der Waals surface area (Å²) in [5.41, 5.74) is 2.68. The van der Waals surface area contributed by atoms with Gasteiger partial charge in [0.2, 0.25) is 0 Å². The molecule has 2 rings (SSSR count). The molecule has 21 heavy (non-hydrogen) atoms. The summed E-state index contributed by atoms with van der Waals surface area (Å²) in [5, 5.41) is 3.41. The van der Waals surface area contributed by atoms with E-state index in [2.05, 4.69) is 69.8 Å². The molecule has 4 heteroatoms. The first-order chi connectivity index (χ1) is 10.3. The smallest absolute Gasteiger partial charge is 0.0587 e. The van der Waals surface area contributed by atoms with E-state index in [-0.39, 0.29) is 0 Å². The first kappa shape index (κ1) is 16.6. The van der Waals surface area contributed by atoms with Crippen LogP contribution in [0.25, 0.3) is 0 Å². The van der Waals surface area contributed by atoms with Crippen LogP contribution in [0.1, 0.15) is 11.1 Å². The van der Waals surface area contributed by atoms with Crippen LogP contribution in [0, 0.1) is 0 Å². The molecule has 0 aliphatic rings. The summed E-state index contributed by atoms with van der Waals surface area (Å²) in [7, 11) is 1.72. The quantitative estimate of drug-likeness (QED) is 0.550. The number of nitrogens with one attached hydrogen (secondary N) is 1. The van der Waals surface area contributed by atoms with Gasteiger partial charge in [0.1, 0.15) is 0 Å². The molecular weight excluding hydrogens is 346 g/mol. The minimum Gasteiger partial charge on any atom is -0.383 e. The third-order valence-electron chi connectivity index (χ3n) is 3.06. The van der Waals surface area contributed by atoms with Crippen molar-refractivity contribution in [2.75, 3.05) is 20.3 Å². The van der Waals surface area contributed by atoms with Crippen molar-refractivity contribution >= 4 is 27.7 Å². The second-order valence-corrected chi connectivity index (χ2v) is 6.63. The Bertz CT molecular complexity index is 548. The topological polar surface area (TPSA) is 21.3 Å². The van der Waals surface area contributed by atoms with Crippen LogP contribution < -0.4 is 5.32 Å². The number of rotatable bonds is 8. The number of ether oxygens (including phenoxy) is 1. The Balaban J connectivity index is 1.97. The van der Waals surface area contributed by atoms with Crippen molar-refractivity contribution in [3.8, 4) is 0 Å². The lowest BCUT2D eigenvalue weighted by molar-refractivity contribution is 0.199. The van der Waals surface area contributed by atoms with Gasteiger partial charge in [-0.25, -0.2) is 0 Å². The van der Waals surface area contributed by atoms with Gasteiger partial charge in [-0.15, -0.1) is 11.8 Å². The first-order valence-corrected chi connectivity index (χ1v) is 8.72. The van der Waals surface area contributed by atoms with Crippen molar-refractivity contribution in [2.24, 2.45) is 0 Å². The zero-order valence-corrected chi connectivity index (χ0v) is 14.5. The van der Waals surface area contributed by atoms with Gasteiger partial charge in [-0.1, -0.05) is 52.3 Å². The Morgan fingerprint density at radius 2 is 1.95 bits per heavy atom. The van der Waals surface area contributed by atoms with Crippen LogP contribution in [-0.2, 0) is 17.0 Å². The molecule has 0 saturated carbocycles. The van der Waals surface area contributed by atoms with Crippen LogP contribution in [-0.4, -0.2) is 20.3 Å². The molecule has 2 nitrogen and oxygen atoms in total. The highest BCUT2D eigenvalue weighted by Crippen LogP contribution is 2.29. The zero-order valence-electron chi connectivity index (χ0n) is 12.1.